The Balaban J connectivity index is 1.53. The van der Waals surface area contributed by atoms with Crippen LogP contribution in [0.15, 0.2) is 51.6 Å². The fourth-order valence-electron chi connectivity index (χ4n) is 4.74. The Bertz CT molecular complexity index is 1130. The summed E-state index contributed by atoms with van der Waals surface area (Å²) in [5.74, 6) is 1.19. The van der Waals surface area contributed by atoms with Crippen molar-refractivity contribution in [1.82, 2.24) is 14.5 Å². The second kappa shape index (κ2) is 13.1. The van der Waals surface area contributed by atoms with Crippen molar-refractivity contribution in [2.45, 2.75) is 102 Å². The number of hydrogen-bond donors (Lipinski definition) is 0. The lowest BCUT2D eigenvalue weighted by Gasteiger charge is -2.24. The molecule has 1 unspecified atom stereocenters. The molecule has 0 fully saturated rings. The number of amidine groups is 1. The fourth-order valence-corrected chi connectivity index (χ4v) is 5.71. The SMILES string of the molecule is CC/C=C/N1C(Cn2c(SCc3ccc(F)cc3)nc(=O)c3c2CCC3)=NOC1CCCCCCC. The average molecular weight is 513 g/mol. The maximum absolute atomic E-state index is 13.3. The maximum Gasteiger partial charge on any atom is 0.277 e. The molecule has 4 rings (SSSR count). The van der Waals surface area contributed by atoms with E-state index < -0.39 is 0 Å². The van der Waals surface area contributed by atoms with Gasteiger partial charge >= 0.3 is 0 Å². The molecule has 1 aromatic carbocycles. The lowest BCUT2D eigenvalue weighted by atomic mass is 10.1. The van der Waals surface area contributed by atoms with Crippen molar-refractivity contribution in [3.05, 3.63) is 69.5 Å². The molecule has 1 atom stereocenters. The Morgan fingerprint density at radius 2 is 1.94 bits per heavy atom. The normalized spacial score (nSPS) is 17.0. The van der Waals surface area contributed by atoms with Crippen LogP contribution in [0.3, 0.4) is 0 Å². The van der Waals surface area contributed by atoms with E-state index in [9.17, 15) is 9.18 Å². The Morgan fingerprint density at radius 1 is 1.14 bits per heavy atom. The molecule has 1 aliphatic heterocycles. The molecule has 2 aliphatic rings. The zero-order valence-corrected chi connectivity index (χ0v) is 22.2. The molecule has 0 spiro atoms. The molecule has 8 heteroatoms. The van der Waals surface area contributed by atoms with Gasteiger partial charge in [-0.1, -0.05) is 74.7 Å². The van der Waals surface area contributed by atoms with Gasteiger partial charge in [-0.3, -0.25) is 9.69 Å². The van der Waals surface area contributed by atoms with E-state index in [1.54, 1.807) is 12.1 Å². The van der Waals surface area contributed by atoms with Gasteiger partial charge in [0.2, 0.25) is 6.23 Å². The van der Waals surface area contributed by atoms with E-state index in [1.165, 1.54) is 49.6 Å². The third-order valence-corrected chi connectivity index (χ3v) is 7.77. The molecular formula is C28H37FN4O2S. The monoisotopic (exact) mass is 512 g/mol. The van der Waals surface area contributed by atoms with Gasteiger partial charge in [0.05, 0.1) is 6.54 Å². The molecule has 1 aromatic heterocycles. The molecule has 0 amide bonds. The highest BCUT2D eigenvalue weighted by Gasteiger charge is 2.30. The summed E-state index contributed by atoms with van der Waals surface area (Å²) in [6.45, 7) is 4.85. The molecule has 2 heterocycles. The number of halogens is 1. The number of benzene rings is 1. The smallest absolute Gasteiger partial charge is 0.277 e. The highest BCUT2D eigenvalue weighted by atomic mass is 32.2. The van der Waals surface area contributed by atoms with Crippen LogP contribution < -0.4 is 5.56 Å². The summed E-state index contributed by atoms with van der Waals surface area (Å²) in [5.41, 5.74) is 2.74. The van der Waals surface area contributed by atoms with Crippen LogP contribution in [0.5, 0.6) is 0 Å². The lowest BCUT2D eigenvalue weighted by molar-refractivity contribution is 0.0198. The number of oxime groups is 1. The van der Waals surface area contributed by atoms with Crippen LogP contribution in [0.2, 0.25) is 0 Å². The molecular weight excluding hydrogens is 475 g/mol. The molecule has 194 valence electrons. The van der Waals surface area contributed by atoms with E-state index in [1.807, 2.05) is 0 Å². The standard InChI is InChI=1S/C28H37FN4O2S/c1-3-5-7-8-9-13-26-32(18-6-4-2)25(31-35-26)19-33-24-12-10-11-23(24)27(34)30-28(33)36-20-21-14-16-22(29)17-15-21/h6,14-18,26H,3-5,7-13,19-20H2,1-2H3/b18-6+. The highest BCUT2D eigenvalue weighted by molar-refractivity contribution is 7.98. The number of nitrogens with zero attached hydrogens (tertiary/aromatic N) is 4. The summed E-state index contributed by atoms with van der Waals surface area (Å²) in [7, 11) is 0. The van der Waals surface area contributed by atoms with E-state index in [0.29, 0.717) is 17.5 Å². The minimum atomic E-state index is -0.254. The molecule has 6 nitrogen and oxygen atoms in total. The molecule has 2 aromatic rings. The van der Waals surface area contributed by atoms with Gasteiger partial charge < -0.3 is 9.40 Å². The van der Waals surface area contributed by atoms with Gasteiger partial charge in [0.25, 0.3) is 5.56 Å². The number of unbranched alkanes of at least 4 members (excludes halogenated alkanes) is 4. The summed E-state index contributed by atoms with van der Waals surface area (Å²) in [4.78, 5) is 25.3. The average Bonchev–Trinajstić information content (AvgIpc) is 3.52. The summed E-state index contributed by atoms with van der Waals surface area (Å²) in [6, 6.07) is 6.47. The van der Waals surface area contributed by atoms with E-state index in [2.05, 4.69) is 45.7 Å². The molecule has 0 saturated carbocycles. The van der Waals surface area contributed by atoms with Gasteiger partial charge in [-0.15, -0.1) is 0 Å². The number of allylic oxidation sites excluding steroid dienone is 1. The van der Waals surface area contributed by atoms with Crippen LogP contribution in [-0.4, -0.2) is 26.5 Å². The topological polar surface area (TPSA) is 59.7 Å². The Kier molecular flexibility index (Phi) is 9.61. The lowest BCUT2D eigenvalue weighted by Crippen LogP contribution is -2.35. The Labute approximate surface area is 217 Å². The highest BCUT2D eigenvalue weighted by Crippen LogP contribution is 2.28. The maximum atomic E-state index is 13.3. The Hall–Kier alpha value is -2.61. The van der Waals surface area contributed by atoms with Crippen molar-refractivity contribution >= 4 is 17.6 Å². The third-order valence-electron chi connectivity index (χ3n) is 6.73. The molecule has 0 saturated heterocycles. The minimum Gasteiger partial charge on any atom is -0.368 e. The van der Waals surface area contributed by atoms with Crippen molar-refractivity contribution in [3.8, 4) is 0 Å². The van der Waals surface area contributed by atoms with Gasteiger partial charge in [-0.2, -0.15) is 4.98 Å². The van der Waals surface area contributed by atoms with Crippen molar-refractivity contribution in [2.75, 3.05) is 0 Å². The summed E-state index contributed by atoms with van der Waals surface area (Å²) >= 11 is 1.51. The molecule has 0 bridgehead atoms. The third kappa shape index (κ3) is 6.58. The second-order valence-electron chi connectivity index (χ2n) is 9.45. The first-order chi connectivity index (χ1) is 17.6. The van der Waals surface area contributed by atoms with Crippen LogP contribution in [0.4, 0.5) is 4.39 Å². The second-order valence-corrected chi connectivity index (χ2v) is 10.4. The number of rotatable bonds is 13. The fraction of sp³-hybridized carbons (Fsp3) is 0.536. The molecule has 0 N–H and O–H groups in total. The summed E-state index contributed by atoms with van der Waals surface area (Å²) in [6.07, 6.45) is 14.6. The zero-order valence-electron chi connectivity index (χ0n) is 21.4. The quantitative estimate of drug-likeness (QED) is 0.176. The van der Waals surface area contributed by atoms with E-state index in [4.69, 9.17) is 4.84 Å². The predicted molar refractivity (Wildman–Crippen MR) is 143 cm³/mol. The van der Waals surface area contributed by atoms with E-state index >= 15 is 0 Å². The number of thioether (sulfide) groups is 1. The van der Waals surface area contributed by atoms with Crippen LogP contribution in [0.25, 0.3) is 0 Å². The molecule has 36 heavy (non-hydrogen) atoms. The zero-order chi connectivity index (χ0) is 25.3. The summed E-state index contributed by atoms with van der Waals surface area (Å²) < 4.78 is 15.5. The van der Waals surface area contributed by atoms with Gasteiger partial charge in [0, 0.05) is 29.6 Å². The summed E-state index contributed by atoms with van der Waals surface area (Å²) in [5, 5.41) is 5.17. The number of fused-ring (bicyclic) bond motifs is 1. The largest absolute Gasteiger partial charge is 0.368 e. The van der Waals surface area contributed by atoms with Crippen LogP contribution in [0, 0.1) is 5.82 Å². The van der Waals surface area contributed by atoms with Crippen molar-refractivity contribution in [3.63, 3.8) is 0 Å². The van der Waals surface area contributed by atoms with Gasteiger partial charge in [-0.05, 0) is 49.8 Å². The first kappa shape index (κ1) is 26.5. The van der Waals surface area contributed by atoms with Crippen LogP contribution in [-0.2, 0) is 30.0 Å². The first-order valence-corrected chi connectivity index (χ1v) is 14.3. The minimum absolute atomic E-state index is 0.0971. The van der Waals surface area contributed by atoms with Gasteiger partial charge in [-0.25, -0.2) is 4.39 Å². The van der Waals surface area contributed by atoms with Crippen molar-refractivity contribution in [2.24, 2.45) is 5.16 Å². The van der Waals surface area contributed by atoms with E-state index in [-0.39, 0.29) is 17.6 Å². The first-order valence-electron chi connectivity index (χ1n) is 13.3. The molecule has 1 aliphatic carbocycles. The van der Waals surface area contributed by atoms with Gasteiger partial charge in [0.15, 0.2) is 11.0 Å². The number of aromatic nitrogens is 2. The van der Waals surface area contributed by atoms with Crippen LogP contribution >= 0.6 is 11.8 Å². The van der Waals surface area contributed by atoms with Crippen LogP contribution in [0.1, 0.15) is 82.0 Å². The molecule has 0 radical (unpaired) electrons. The van der Waals surface area contributed by atoms with E-state index in [0.717, 1.165) is 61.2 Å². The van der Waals surface area contributed by atoms with Crippen molar-refractivity contribution in [1.29, 1.82) is 0 Å². The van der Waals surface area contributed by atoms with Gasteiger partial charge in [0.1, 0.15) is 5.82 Å². The Morgan fingerprint density at radius 3 is 2.72 bits per heavy atom. The van der Waals surface area contributed by atoms with Crippen molar-refractivity contribution < 1.29 is 9.23 Å². The number of hydrogen-bond acceptors (Lipinski definition) is 6. The predicted octanol–water partition coefficient (Wildman–Crippen LogP) is 6.42.